The molecule has 1 atom stereocenters. The minimum absolute atomic E-state index is 0.464. The second-order valence-corrected chi connectivity index (χ2v) is 5.10. The largest absolute Gasteiger partial charge is 0.457 e. The molecule has 0 heterocycles. The summed E-state index contributed by atoms with van der Waals surface area (Å²) in [6, 6.07) is 11.2. The Morgan fingerprint density at radius 2 is 1.53 bits per heavy atom. The van der Waals surface area contributed by atoms with Gasteiger partial charge in [0, 0.05) is 5.02 Å². The van der Waals surface area contributed by atoms with Gasteiger partial charge in [0.2, 0.25) is 0 Å². The quantitative estimate of drug-likeness (QED) is 0.872. The highest BCUT2D eigenvalue weighted by atomic mass is 35.5. The van der Waals surface area contributed by atoms with Gasteiger partial charge in [-0.1, -0.05) is 23.7 Å². The highest BCUT2D eigenvalue weighted by Crippen LogP contribution is 2.29. The molecule has 3 heteroatoms. The van der Waals surface area contributed by atoms with Crippen LogP contribution < -0.4 is 4.74 Å². The number of aryl methyl sites for hydroxylation is 2. The third kappa shape index (κ3) is 3.28. The van der Waals surface area contributed by atoms with Gasteiger partial charge in [-0.25, -0.2) is 0 Å². The van der Waals surface area contributed by atoms with Crippen molar-refractivity contribution in [2.75, 3.05) is 0 Å². The van der Waals surface area contributed by atoms with E-state index in [-0.39, 0.29) is 0 Å². The van der Waals surface area contributed by atoms with Crippen molar-refractivity contribution in [2.45, 2.75) is 26.9 Å². The molecule has 2 aromatic carbocycles. The molecule has 2 rings (SSSR count). The molecule has 0 aromatic heterocycles. The predicted molar refractivity (Wildman–Crippen MR) is 78.1 cm³/mol. The molecule has 100 valence electrons. The number of halogens is 1. The van der Waals surface area contributed by atoms with Gasteiger partial charge in [0.15, 0.2) is 0 Å². The van der Waals surface area contributed by atoms with Gasteiger partial charge < -0.3 is 9.84 Å². The molecule has 2 nitrogen and oxygen atoms in total. The fourth-order valence-electron chi connectivity index (χ4n) is 1.92. The number of aliphatic hydroxyl groups excluding tert-OH is 1. The van der Waals surface area contributed by atoms with Gasteiger partial charge in [0.05, 0.1) is 6.10 Å². The molecule has 19 heavy (non-hydrogen) atoms. The molecule has 0 aliphatic carbocycles. The first kappa shape index (κ1) is 13.9. The standard InChI is InChI=1S/C16H17ClO2/c1-10-8-15(9-11(2)16(10)17)19-14-6-4-13(5-7-14)12(3)18/h4-9,12,18H,1-3H3/t12-/m0/s1. The third-order valence-electron chi connectivity index (χ3n) is 3.01. The molecule has 0 fully saturated rings. The van der Waals surface area contributed by atoms with E-state index >= 15 is 0 Å². The SMILES string of the molecule is Cc1cc(Oc2ccc([C@H](C)O)cc2)cc(C)c1Cl. The van der Waals surface area contributed by atoms with Crippen LogP contribution in [0.5, 0.6) is 11.5 Å². The molecule has 0 radical (unpaired) electrons. The molecule has 0 saturated carbocycles. The summed E-state index contributed by atoms with van der Waals surface area (Å²) < 4.78 is 5.79. The first-order chi connectivity index (χ1) is 8.97. The van der Waals surface area contributed by atoms with Gasteiger partial charge in [-0.15, -0.1) is 0 Å². The van der Waals surface area contributed by atoms with Crippen molar-refractivity contribution in [3.63, 3.8) is 0 Å². The topological polar surface area (TPSA) is 29.5 Å². The van der Waals surface area contributed by atoms with E-state index in [9.17, 15) is 5.11 Å². The van der Waals surface area contributed by atoms with Crippen LogP contribution >= 0.6 is 11.6 Å². The molecule has 0 aliphatic rings. The third-order valence-corrected chi connectivity index (χ3v) is 3.60. The highest BCUT2D eigenvalue weighted by Gasteiger charge is 2.05. The molecule has 1 N–H and O–H groups in total. The lowest BCUT2D eigenvalue weighted by Gasteiger charge is -2.11. The van der Waals surface area contributed by atoms with Crippen LogP contribution in [0, 0.1) is 13.8 Å². The second kappa shape index (κ2) is 5.64. The first-order valence-electron chi connectivity index (χ1n) is 6.20. The first-order valence-corrected chi connectivity index (χ1v) is 6.58. The Kier molecular flexibility index (Phi) is 4.13. The minimum Gasteiger partial charge on any atom is -0.457 e. The maximum Gasteiger partial charge on any atom is 0.128 e. The number of aliphatic hydroxyl groups is 1. The second-order valence-electron chi connectivity index (χ2n) is 4.72. The lowest BCUT2D eigenvalue weighted by Crippen LogP contribution is -1.91. The molecular weight excluding hydrogens is 260 g/mol. The zero-order valence-electron chi connectivity index (χ0n) is 11.3. The van der Waals surface area contributed by atoms with Gasteiger partial charge >= 0.3 is 0 Å². The number of hydrogen-bond donors (Lipinski definition) is 1. The smallest absolute Gasteiger partial charge is 0.128 e. The summed E-state index contributed by atoms with van der Waals surface area (Å²) in [6.07, 6.45) is -0.464. The monoisotopic (exact) mass is 276 g/mol. The highest BCUT2D eigenvalue weighted by molar-refractivity contribution is 6.32. The van der Waals surface area contributed by atoms with Gasteiger partial charge in [0.1, 0.15) is 11.5 Å². The Bertz CT molecular complexity index is 551. The van der Waals surface area contributed by atoms with E-state index in [0.29, 0.717) is 0 Å². The summed E-state index contributed by atoms with van der Waals surface area (Å²) in [5.41, 5.74) is 2.87. The molecule has 0 bridgehead atoms. The number of hydrogen-bond acceptors (Lipinski definition) is 2. The van der Waals surface area contributed by atoms with Crippen LogP contribution in [0.15, 0.2) is 36.4 Å². The summed E-state index contributed by atoms with van der Waals surface area (Å²) in [6.45, 7) is 5.65. The van der Waals surface area contributed by atoms with Crippen molar-refractivity contribution in [1.29, 1.82) is 0 Å². The normalized spacial score (nSPS) is 12.3. The molecule has 0 unspecified atom stereocenters. The Morgan fingerprint density at radius 1 is 1.00 bits per heavy atom. The Labute approximate surface area is 118 Å². The van der Waals surface area contributed by atoms with Crippen molar-refractivity contribution in [3.05, 3.63) is 58.1 Å². The Balaban J connectivity index is 2.21. The van der Waals surface area contributed by atoms with Crippen molar-refractivity contribution in [3.8, 4) is 11.5 Å². The molecule has 0 amide bonds. The van der Waals surface area contributed by atoms with E-state index in [1.807, 2.05) is 50.2 Å². The molecule has 0 spiro atoms. The van der Waals surface area contributed by atoms with E-state index in [1.54, 1.807) is 6.92 Å². The van der Waals surface area contributed by atoms with Gasteiger partial charge in [-0.05, 0) is 61.7 Å². The van der Waals surface area contributed by atoms with Crippen LogP contribution in [-0.4, -0.2) is 5.11 Å². The maximum atomic E-state index is 9.45. The summed E-state index contributed by atoms with van der Waals surface area (Å²) in [5, 5.41) is 10.2. The molecule has 0 aliphatic heterocycles. The Hall–Kier alpha value is -1.51. The predicted octanol–water partition coefficient (Wildman–Crippen LogP) is 4.80. The molecular formula is C16H17ClO2. The van der Waals surface area contributed by atoms with Gasteiger partial charge in [-0.3, -0.25) is 0 Å². The minimum atomic E-state index is -0.464. The lowest BCUT2D eigenvalue weighted by atomic mass is 10.1. The van der Waals surface area contributed by atoms with Crippen LogP contribution in [0.2, 0.25) is 5.02 Å². The molecule has 2 aromatic rings. The Morgan fingerprint density at radius 3 is 2.00 bits per heavy atom. The lowest BCUT2D eigenvalue weighted by molar-refractivity contribution is 0.199. The van der Waals surface area contributed by atoms with Crippen molar-refractivity contribution < 1.29 is 9.84 Å². The van der Waals surface area contributed by atoms with E-state index in [2.05, 4.69) is 0 Å². The van der Waals surface area contributed by atoms with Crippen molar-refractivity contribution in [2.24, 2.45) is 0 Å². The van der Waals surface area contributed by atoms with Crippen LogP contribution in [0.4, 0.5) is 0 Å². The van der Waals surface area contributed by atoms with Gasteiger partial charge in [0.25, 0.3) is 0 Å². The maximum absolute atomic E-state index is 9.45. The van der Waals surface area contributed by atoms with Crippen LogP contribution in [0.1, 0.15) is 29.7 Å². The average molecular weight is 277 g/mol. The van der Waals surface area contributed by atoms with Crippen LogP contribution in [-0.2, 0) is 0 Å². The summed E-state index contributed by atoms with van der Waals surface area (Å²) in [4.78, 5) is 0. The van der Waals surface area contributed by atoms with Crippen LogP contribution in [0.3, 0.4) is 0 Å². The number of benzene rings is 2. The summed E-state index contributed by atoms with van der Waals surface area (Å²) in [7, 11) is 0. The van der Waals surface area contributed by atoms with E-state index < -0.39 is 6.10 Å². The van der Waals surface area contributed by atoms with Crippen molar-refractivity contribution in [1.82, 2.24) is 0 Å². The van der Waals surface area contributed by atoms with Crippen molar-refractivity contribution >= 4 is 11.6 Å². The number of ether oxygens (including phenoxy) is 1. The summed E-state index contributed by atoms with van der Waals surface area (Å²) in [5.74, 6) is 1.51. The zero-order chi connectivity index (χ0) is 14.0. The molecule has 0 saturated heterocycles. The fraction of sp³-hybridized carbons (Fsp3) is 0.250. The van der Waals surface area contributed by atoms with Gasteiger partial charge in [-0.2, -0.15) is 0 Å². The fourth-order valence-corrected chi connectivity index (χ4v) is 2.02. The van der Waals surface area contributed by atoms with Crippen LogP contribution in [0.25, 0.3) is 0 Å². The summed E-state index contributed by atoms with van der Waals surface area (Å²) >= 11 is 6.12. The number of rotatable bonds is 3. The van der Waals surface area contributed by atoms with E-state index in [1.165, 1.54) is 0 Å². The average Bonchev–Trinajstić information content (AvgIpc) is 2.36. The van der Waals surface area contributed by atoms with E-state index in [0.717, 1.165) is 33.2 Å². The van der Waals surface area contributed by atoms with E-state index in [4.69, 9.17) is 16.3 Å². The zero-order valence-corrected chi connectivity index (χ0v) is 12.0.